The van der Waals surface area contributed by atoms with Crippen LogP contribution < -0.4 is 4.74 Å². The molecule has 0 aromatic heterocycles. The van der Waals surface area contributed by atoms with Crippen LogP contribution in [-0.2, 0) is 30.8 Å². The number of phenols is 1. The first-order valence-corrected chi connectivity index (χ1v) is 13.3. The van der Waals surface area contributed by atoms with Crippen LogP contribution in [0.5, 0.6) is 11.5 Å². The molecule has 0 unspecified atom stereocenters. The van der Waals surface area contributed by atoms with Crippen molar-refractivity contribution in [2.45, 2.75) is 74.9 Å². The number of aliphatic hydroxyl groups is 1. The molecular formula is C30H33NO8. The van der Waals surface area contributed by atoms with Gasteiger partial charge in [0.15, 0.2) is 17.6 Å². The molecule has 4 aliphatic rings. The van der Waals surface area contributed by atoms with Gasteiger partial charge < -0.3 is 34.1 Å². The molecule has 2 bridgehead atoms. The molecule has 2 aliphatic carbocycles. The monoisotopic (exact) mass is 535 g/mol. The van der Waals surface area contributed by atoms with Crippen LogP contribution >= 0.6 is 0 Å². The highest BCUT2D eigenvalue weighted by Gasteiger charge is 2.72. The van der Waals surface area contributed by atoms with Crippen molar-refractivity contribution in [3.8, 4) is 11.5 Å². The predicted octanol–water partition coefficient (Wildman–Crippen LogP) is 3.91. The molecule has 0 saturated carbocycles. The maximum absolute atomic E-state index is 13.6. The van der Waals surface area contributed by atoms with E-state index in [2.05, 4.69) is 4.90 Å². The Morgan fingerprint density at radius 3 is 2.62 bits per heavy atom. The second kappa shape index (κ2) is 8.72. The first-order chi connectivity index (χ1) is 18.4. The van der Waals surface area contributed by atoms with E-state index in [1.807, 2.05) is 13.1 Å². The summed E-state index contributed by atoms with van der Waals surface area (Å²) < 4.78 is 23.1. The summed E-state index contributed by atoms with van der Waals surface area (Å²) in [5.74, 6) is -0.277. The average molecular weight is 536 g/mol. The lowest BCUT2D eigenvalue weighted by atomic mass is 9.50. The van der Waals surface area contributed by atoms with Crippen molar-refractivity contribution >= 4 is 12.1 Å². The van der Waals surface area contributed by atoms with Gasteiger partial charge in [-0.2, -0.15) is 0 Å². The summed E-state index contributed by atoms with van der Waals surface area (Å²) in [6, 6.07) is 11.9. The zero-order chi connectivity index (χ0) is 27.7. The van der Waals surface area contributed by atoms with Crippen molar-refractivity contribution in [3.05, 3.63) is 71.0 Å². The number of piperidine rings is 1. The maximum atomic E-state index is 13.6. The Hall–Kier alpha value is -3.56. The standard InChI is InChI=1S/C30H33NO8/c1-28(2,3)39-27(34)38-23(17-8-6-5-7-9-17)26(33)36-20-12-13-30(35)21-16-18-10-11-19(32)24-22(18)29(30,25(20)37-24)14-15-31(21)4/h5-12,21,23,25,32,35H,13-16H2,1-4H3/t21-,23+,25+,29+,30-/m1/s1. The minimum Gasteiger partial charge on any atom is -0.504 e. The average Bonchev–Trinajstić information content (AvgIpc) is 3.23. The van der Waals surface area contributed by atoms with Gasteiger partial charge in [0.2, 0.25) is 6.10 Å². The number of hydrogen-bond acceptors (Lipinski definition) is 9. The van der Waals surface area contributed by atoms with Crippen molar-refractivity contribution in [2.75, 3.05) is 13.6 Å². The summed E-state index contributed by atoms with van der Waals surface area (Å²) in [4.78, 5) is 28.4. The number of esters is 1. The van der Waals surface area contributed by atoms with E-state index in [0.29, 0.717) is 30.7 Å². The number of ether oxygens (including phenoxy) is 4. The molecule has 1 saturated heterocycles. The van der Waals surface area contributed by atoms with Gasteiger partial charge >= 0.3 is 12.1 Å². The van der Waals surface area contributed by atoms with Gasteiger partial charge in [-0.05, 0) is 64.9 Å². The first-order valence-electron chi connectivity index (χ1n) is 13.3. The fraction of sp³-hybridized carbons (Fsp3) is 0.467. The van der Waals surface area contributed by atoms with Gasteiger partial charge in [0, 0.05) is 23.6 Å². The molecule has 9 heteroatoms. The molecule has 2 aromatic carbocycles. The van der Waals surface area contributed by atoms with Crippen LogP contribution in [0.4, 0.5) is 4.79 Å². The molecule has 2 aromatic rings. The lowest BCUT2D eigenvalue weighted by molar-refractivity contribution is -0.173. The Labute approximate surface area is 226 Å². The van der Waals surface area contributed by atoms with Crippen molar-refractivity contribution in [1.29, 1.82) is 0 Å². The van der Waals surface area contributed by atoms with Crippen LogP contribution in [-0.4, -0.2) is 64.2 Å². The molecule has 5 atom stereocenters. The Bertz CT molecular complexity index is 1370. The first kappa shape index (κ1) is 25.7. The highest BCUT2D eigenvalue weighted by atomic mass is 16.7. The molecular weight excluding hydrogens is 502 g/mol. The van der Waals surface area contributed by atoms with Crippen LogP contribution in [0.25, 0.3) is 0 Å². The summed E-state index contributed by atoms with van der Waals surface area (Å²) in [6.45, 7) is 5.82. The third-order valence-electron chi connectivity index (χ3n) is 8.49. The van der Waals surface area contributed by atoms with Gasteiger partial charge in [0.25, 0.3) is 0 Å². The molecule has 0 radical (unpaired) electrons. The Morgan fingerprint density at radius 2 is 1.90 bits per heavy atom. The highest BCUT2D eigenvalue weighted by molar-refractivity contribution is 5.80. The number of carbonyl (C=O) groups excluding carboxylic acids is 2. The second-order valence-electron chi connectivity index (χ2n) is 11.9. The lowest BCUT2D eigenvalue weighted by Crippen LogP contribution is -2.74. The summed E-state index contributed by atoms with van der Waals surface area (Å²) >= 11 is 0. The smallest absolute Gasteiger partial charge is 0.504 e. The molecule has 1 fully saturated rings. The van der Waals surface area contributed by atoms with E-state index in [1.54, 1.807) is 63.2 Å². The zero-order valence-corrected chi connectivity index (χ0v) is 22.5. The minimum atomic E-state index is -1.38. The number of rotatable bonds is 4. The Kier molecular flexibility index (Phi) is 5.75. The fourth-order valence-electron chi connectivity index (χ4n) is 6.86. The largest absolute Gasteiger partial charge is 0.510 e. The van der Waals surface area contributed by atoms with E-state index in [-0.39, 0.29) is 24.0 Å². The van der Waals surface area contributed by atoms with E-state index in [9.17, 15) is 19.8 Å². The normalized spacial score (nSPS) is 29.4. The molecule has 2 aliphatic heterocycles. The topological polar surface area (TPSA) is 115 Å². The minimum absolute atomic E-state index is 0.0154. The summed E-state index contributed by atoms with van der Waals surface area (Å²) in [5.41, 5.74) is -0.665. The molecule has 206 valence electrons. The van der Waals surface area contributed by atoms with Gasteiger partial charge in [-0.15, -0.1) is 0 Å². The van der Waals surface area contributed by atoms with Gasteiger partial charge in [0.05, 0.1) is 11.0 Å². The molecule has 1 spiro atoms. The van der Waals surface area contributed by atoms with Crippen LogP contribution in [0.15, 0.2) is 54.3 Å². The van der Waals surface area contributed by atoms with E-state index in [1.165, 1.54) is 0 Å². The SMILES string of the molecule is CN1CC[C@]23c4c5ccc(O)c4O[C@H]2C(OC(=O)[C@@H](OC(=O)OC(C)(C)C)c2ccccc2)=CC[C@@]3(O)[C@H]1C5. The predicted molar refractivity (Wildman–Crippen MR) is 139 cm³/mol. The quantitative estimate of drug-likeness (QED) is 0.563. The fourth-order valence-corrected chi connectivity index (χ4v) is 6.86. The van der Waals surface area contributed by atoms with Crippen LogP contribution in [0.3, 0.4) is 0 Å². The number of benzene rings is 2. The third kappa shape index (κ3) is 3.82. The van der Waals surface area contributed by atoms with Crippen molar-refractivity contribution < 1.29 is 38.7 Å². The van der Waals surface area contributed by atoms with Gasteiger partial charge in [0.1, 0.15) is 11.4 Å². The number of likely N-dealkylation sites (N-methyl/N-ethyl adjacent to an activating group) is 1. The van der Waals surface area contributed by atoms with Crippen LogP contribution in [0.2, 0.25) is 0 Å². The Balaban J connectivity index is 1.36. The van der Waals surface area contributed by atoms with Crippen LogP contribution in [0, 0.1) is 0 Å². The molecule has 2 N–H and O–H groups in total. The number of likely N-dealkylation sites (tertiary alicyclic amines) is 1. The van der Waals surface area contributed by atoms with E-state index < -0.39 is 40.9 Å². The zero-order valence-electron chi connectivity index (χ0n) is 22.5. The molecule has 0 amide bonds. The summed E-state index contributed by atoms with van der Waals surface area (Å²) in [7, 11) is 2.00. The van der Waals surface area contributed by atoms with E-state index >= 15 is 0 Å². The number of carbonyl (C=O) groups is 2. The third-order valence-corrected chi connectivity index (χ3v) is 8.49. The van der Waals surface area contributed by atoms with E-state index in [4.69, 9.17) is 18.9 Å². The second-order valence-corrected chi connectivity index (χ2v) is 11.9. The van der Waals surface area contributed by atoms with Gasteiger partial charge in [-0.1, -0.05) is 36.4 Å². The highest BCUT2D eigenvalue weighted by Crippen LogP contribution is 2.65. The molecule has 39 heavy (non-hydrogen) atoms. The van der Waals surface area contributed by atoms with Crippen molar-refractivity contribution in [1.82, 2.24) is 4.90 Å². The molecule has 9 nitrogen and oxygen atoms in total. The Morgan fingerprint density at radius 1 is 1.15 bits per heavy atom. The number of aromatic hydroxyl groups is 1. The van der Waals surface area contributed by atoms with Crippen LogP contribution in [0.1, 0.15) is 56.4 Å². The van der Waals surface area contributed by atoms with Gasteiger partial charge in [-0.3, -0.25) is 0 Å². The van der Waals surface area contributed by atoms with Crippen molar-refractivity contribution in [2.24, 2.45) is 0 Å². The lowest BCUT2D eigenvalue weighted by Gasteiger charge is -2.61. The number of phenolic OH excluding ortho intramolecular Hbond substituents is 1. The van der Waals surface area contributed by atoms with Crippen molar-refractivity contribution in [3.63, 3.8) is 0 Å². The number of hydrogen-bond donors (Lipinski definition) is 2. The molecule has 6 rings (SSSR count). The maximum Gasteiger partial charge on any atom is 0.510 e. The van der Waals surface area contributed by atoms with Gasteiger partial charge in [-0.25, -0.2) is 9.59 Å². The van der Waals surface area contributed by atoms with E-state index in [0.717, 1.165) is 11.1 Å². The number of nitrogens with zero attached hydrogens (tertiary/aromatic N) is 1. The summed E-state index contributed by atoms with van der Waals surface area (Å²) in [5, 5.41) is 23.0. The molecule has 2 heterocycles. The summed E-state index contributed by atoms with van der Waals surface area (Å²) in [6.07, 6.45) is -0.116.